The van der Waals surface area contributed by atoms with Crippen molar-refractivity contribution < 1.29 is 23.1 Å². The Morgan fingerprint density at radius 1 is 0.900 bits per heavy atom. The fourth-order valence-electron chi connectivity index (χ4n) is 6.79. The molecule has 1 N–H and O–H groups in total. The summed E-state index contributed by atoms with van der Waals surface area (Å²) in [5.41, 5.74) is 0.407. The Bertz CT molecular complexity index is 724. The largest absolute Gasteiger partial charge is 0.490 e. The molecule has 0 spiro atoms. The number of aliphatic carboxylic acids is 1. The average Bonchev–Trinajstić information content (AvgIpc) is 3.07. The van der Waals surface area contributed by atoms with Crippen molar-refractivity contribution in [1.82, 2.24) is 14.8 Å². The fourth-order valence-corrected chi connectivity index (χ4v) is 6.79. The lowest BCUT2D eigenvalue weighted by molar-refractivity contribution is -0.192. The van der Waals surface area contributed by atoms with Gasteiger partial charge in [0.15, 0.2) is 0 Å². The molecule has 1 aromatic rings. The van der Waals surface area contributed by atoms with Crippen molar-refractivity contribution in [2.24, 2.45) is 17.8 Å². The van der Waals surface area contributed by atoms with Crippen LogP contribution in [0.2, 0.25) is 0 Å². The van der Waals surface area contributed by atoms with Crippen LogP contribution in [0.4, 0.5) is 13.2 Å². The molecule has 2 heterocycles. The number of alkyl halides is 3. The third-order valence-electron chi connectivity index (χ3n) is 7.61. The maximum absolute atomic E-state index is 10.6. The standard InChI is InChI=1S/C20H31N3.C2HF3O2/c1-2-4-6-8-23-18(7-5-3-1)21-22-19(23)20-12-15-9-16(13-20)11-17(10-15)14-20;3-2(4,5)1(6)7/h15-17H,1-14H2;(H,6,7). The topological polar surface area (TPSA) is 68.0 Å². The molecule has 4 bridgehead atoms. The van der Waals surface area contributed by atoms with Crippen LogP contribution in [0.5, 0.6) is 0 Å². The van der Waals surface area contributed by atoms with Crippen LogP contribution in [-0.4, -0.2) is 32.0 Å². The number of nitrogens with zero attached hydrogens (tertiary/aromatic N) is 3. The van der Waals surface area contributed by atoms with E-state index in [9.17, 15) is 13.2 Å². The summed E-state index contributed by atoms with van der Waals surface area (Å²) >= 11 is 0. The van der Waals surface area contributed by atoms with E-state index in [2.05, 4.69) is 4.57 Å². The van der Waals surface area contributed by atoms with E-state index in [1.807, 2.05) is 0 Å². The van der Waals surface area contributed by atoms with Gasteiger partial charge in [-0.25, -0.2) is 4.79 Å². The number of carbonyl (C=O) groups is 1. The van der Waals surface area contributed by atoms with Crippen LogP contribution in [0.25, 0.3) is 0 Å². The van der Waals surface area contributed by atoms with E-state index in [0.717, 1.165) is 24.2 Å². The van der Waals surface area contributed by atoms with Gasteiger partial charge >= 0.3 is 12.1 Å². The molecule has 4 aliphatic carbocycles. The van der Waals surface area contributed by atoms with E-state index in [-0.39, 0.29) is 0 Å². The van der Waals surface area contributed by atoms with E-state index in [1.54, 1.807) is 0 Å². The average molecular weight is 428 g/mol. The summed E-state index contributed by atoms with van der Waals surface area (Å²) in [7, 11) is 0. The minimum atomic E-state index is -5.08. The molecule has 4 saturated carbocycles. The molecule has 6 rings (SSSR count). The zero-order chi connectivity index (χ0) is 21.4. The van der Waals surface area contributed by atoms with Gasteiger partial charge in [0.1, 0.15) is 11.6 Å². The smallest absolute Gasteiger partial charge is 0.475 e. The number of aromatic nitrogens is 3. The molecule has 5 aliphatic rings. The molecule has 1 aromatic heterocycles. The van der Waals surface area contributed by atoms with Gasteiger partial charge in [-0.3, -0.25) is 0 Å². The number of hydrogen-bond acceptors (Lipinski definition) is 3. The molecule has 0 amide bonds. The molecule has 0 unspecified atom stereocenters. The molecular formula is C22H32F3N3O2. The second kappa shape index (κ2) is 8.50. The summed E-state index contributed by atoms with van der Waals surface area (Å²) in [5.74, 6) is 2.94. The molecule has 0 radical (unpaired) electrons. The molecule has 0 atom stereocenters. The summed E-state index contributed by atoms with van der Waals surface area (Å²) in [5, 5.41) is 16.7. The molecule has 8 heteroatoms. The molecule has 0 saturated heterocycles. The SMILES string of the molecule is C1CCCCn2c(nnc2C23CC4CC(CC(C4)C2)C3)CCC1.O=C(O)C(F)(F)F. The van der Waals surface area contributed by atoms with Crippen molar-refractivity contribution in [3.8, 4) is 0 Å². The van der Waals surface area contributed by atoms with Crippen LogP contribution in [0.1, 0.15) is 88.7 Å². The molecule has 30 heavy (non-hydrogen) atoms. The molecule has 1 aliphatic heterocycles. The Morgan fingerprint density at radius 2 is 1.40 bits per heavy atom. The van der Waals surface area contributed by atoms with E-state index in [1.165, 1.54) is 95.2 Å². The van der Waals surface area contributed by atoms with Gasteiger partial charge in [0.25, 0.3) is 0 Å². The van der Waals surface area contributed by atoms with Crippen LogP contribution in [-0.2, 0) is 23.2 Å². The maximum Gasteiger partial charge on any atom is 0.490 e. The predicted molar refractivity (Wildman–Crippen MR) is 105 cm³/mol. The second-order valence-corrected chi connectivity index (χ2v) is 9.96. The molecule has 5 nitrogen and oxygen atoms in total. The molecule has 4 fully saturated rings. The Labute approximate surface area is 175 Å². The van der Waals surface area contributed by atoms with Crippen molar-refractivity contribution in [3.63, 3.8) is 0 Å². The Kier molecular flexibility index (Phi) is 6.13. The summed E-state index contributed by atoms with van der Waals surface area (Å²) in [4.78, 5) is 8.90. The Hall–Kier alpha value is -1.60. The van der Waals surface area contributed by atoms with Crippen molar-refractivity contribution in [1.29, 1.82) is 0 Å². The minimum absolute atomic E-state index is 0.407. The van der Waals surface area contributed by atoms with Crippen molar-refractivity contribution in [2.75, 3.05) is 0 Å². The van der Waals surface area contributed by atoms with E-state index >= 15 is 0 Å². The number of aryl methyl sites for hydroxylation is 1. The van der Waals surface area contributed by atoms with Gasteiger partial charge in [0, 0.05) is 18.4 Å². The third-order valence-corrected chi connectivity index (χ3v) is 7.61. The normalized spacial score (nSPS) is 33.4. The van der Waals surface area contributed by atoms with Crippen LogP contribution >= 0.6 is 0 Å². The minimum Gasteiger partial charge on any atom is -0.475 e. The molecule has 0 aromatic carbocycles. The highest BCUT2D eigenvalue weighted by atomic mass is 19.4. The van der Waals surface area contributed by atoms with Crippen molar-refractivity contribution in [3.05, 3.63) is 11.6 Å². The number of fused-ring (bicyclic) bond motifs is 1. The van der Waals surface area contributed by atoms with Gasteiger partial charge in [0.05, 0.1) is 0 Å². The molecular weight excluding hydrogens is 395 g/mol. The quantitative estimate of drug-likeness (QED) is 0.662. The Balaban J connectivity index is 0.000000272. The summed E-state index contributed by atoms with van der Waals surface area (Å²) in [6, 6.07) is 0. The van der Waals surface area contributed by atoms with Crippen LogP contribution < -0.4 is 0 Å². The zero-order valence-corrected chi connectivity index (χ0v) is 17.5. The lowest BCUT2D eigenvalue weighted by Gasteiger charge is -2.56. The summed E-state index contributed by atoms with van der Waals surface area (Å²) in [6.07, 6.45) is 13.1. The lowest BCUT2D eigenvalue weighted by atomic mass is 9.49. The number of carboxylic acid groups (broad SMARTS) is 1. The van der Waals surface area contributed by atoms with E-state index < -0.39 is 12.1 Å². The first-order valence-electron chi connectivity index (χ1n) is 11.5. The van der Waals surface area contributed by atoms with Crippen LogP contribution in [0.15, 0.2) is 0 Å². The lowest BCUT2D eigenvalue weighted by Crippen LogP contribution is -2.49. The first-order chi connectivity index (χ1) is 14.3. The van der Waals surface area contributed by atoms with Gasteiger partial charge in [-0.05, 0) is 69.1 Å². The van der Waals surface area contributed by atoms with Crippen LogP contribution in [0, 0.1) is 17.8 Å². The van der Waals surface area contributed by atoms with Gasteiger partial charge < -0.3 is 9.67 Å². The van der Waals surface area contributed by atoms with Crippen molar-refractivity contribution in [2.45, 2.75) is 102 Å². The van der Waals surface area contributed by atoms with E-state index in [4.69, 9.17) is 20.1 Å². The first kappa shape index (κ1) is 21.6. The van der Waals surface area contributed by atoms with Gasteiger partial charge in [-0.1, -0.05) is 25.7 Å². The number of hydrogen-bond donors (Lipinski definition) is 1. The van der Waals surface area contributed by atoms with Gasteiger partial charge in [-0.15, -0.1) is 10.2 Å². The Morgan fingerprint density at radius 3 is 1.93 bits per heavy atom. The summed E-state index contributed by atoms with van der Waals surface area (Å²) < 4.78 is 34.3. The van der Waals surface area contributed by atoms with E-state index in [0.29, 0.717) is 5.41 Å². The van der Waals surface area contributed by atoms with Gasteiger partial charge in [0.2, 0.25) is 0 Å². The predicted octanol–water partition coefficient (Wildman–Crippen LogP) is 5.28. The zero-order valence-electron chi connectivity index (χ0n) is 17.5. The van der Waals surface area contributed by atoms with Crippen molar-refractivity contribution >= 4 is 5.97 Å². The highest BCUT2D eigenvalue weighted by molar-refractivity contribution is 5.73. The summed E-state index contributed by atoms with van der Waals surface area (Å²) in [6.45, 7) is 1.18. The number of rotatable bonds is 1. The number of halogens is 3. The molecule has 168 valence electrons. The third kappa shape index (κ3) is 4.52. The second-order valence-electron chi connectivity index (χ2n) is 9.96. The first-order valence-corrected chi connectivity index (χ1v) is 11.5. The van der Waals surface area contributed by atoms with Crippen LogP contribution in [0.3, 0.4) is 0 Å². The monoisotopic (exact) mass is 427 g/mol. The maximum atomic E-state index is 10.6. The highest BCUT2D eigenvalue weighted by Crippen LogP contribution is 2.60. The number of carboxylic acids is 1. The fraction of sp³-hybridized carbons (Fsp3) is 0.864. The highest BCUT2D eigenvalue weighted by Gasteiger charge is 2.53. The van der Waals surface area contributed by atoms with Gasteiger partial charge in [-0.2, -0.15) is 13.2 Å².